The second-order valence-electron chi connectivity index (χ2n) is 12.0. The Labute approximate surface area is 232 Å². The van der Waals surface area contributed by atoms with Crippen molar-refractivity contribution in [1.82, 2.24) is 14.7 Å². The number of hydrogen-bond acceptors (Lipinski definition) is 6. The molecule has 1 unspecified atom stereocenters. The number of morpholine rings is 1. The van der Waals surface area contributed by atoms with E-state index in [0.29, 0.717) is 0 Å². The van der Waals surface area contributed by atoms with Crippen LogP contribution in [0.5, 0.6) is 0 Å². The van der Waals surface area contributed by atoms with E-state index in [9.17, 15) is 0 Å². The largest absolute Gasteiger partial charge is 0.494 e. The first-order valence-corrected chi connectivity index (χ1v) is 14.4. The molecule has 4 heterocycles. The van der Waals surface area contributed by atoms with Gasteiger partial charge in [0.1, 0.15) is 0 Å². The van der Waals surface area contributed by atoms with E-state index in [0.717, 1.165) is 86.3 Å². The summed E-state index contributed by atoms with van der Waals surface area (Å²) >= 11 is 0. The molecule has 6 rings (SSSR count). The molecule has 3 aromatic rings. The molecule has 0 bridgehead atoms. The maximum atomic E-state index is 6.35. The van der Waals surface area contributed by atoms with E-state index in [-0.39, 0.29) is 17.4 Å². The average Bonchev–Trinajstić information content (AvgIpc) is 3.41. The summed E-state index contributed by atoms with van der Waals surface area (Å²) in [5.41, 5.74) is 4.71. The molecule has 0 spiro atoms. The maximum Gasteiger partial charge on any atom is 0.494 e. The Morgan fingerprint density at radius 3 is 2.36 bits per heavy atom. The van der Waals surface area contributed by atoms with Gasteiger partial charge in [-0.05, 0) is 75.7 Å². The van der Waals surface area contributed by atoms with Crippen molar-refractivity contribution in [2.75, 3.05) is 32.9 Å². The predicted octanol–water partition coefficient (Wildman–Crippen LogP) is 5.04. The van der Waals surface area contributed by atoms with Crippen LogP contribution in [0.3, 0.4) is 0 Å². The Bertz CT molecular complexity index is 1310. The molecule has 8 heteroatoms. The second kappa shape index (κ2) is 10.8. The summed E-state index contributed by atoms with van der Waals surface area (Å²) in [7, 11) is -0.412. The molecule has 7 nitrogen and oxygen atoms in total. The van der Waals surface area contributed by atoms with Crippen molar-refractivity contribution in [3.8, 4) is 0 Å². The zero-order valence-corrected chi connectivity index (χ0v) is 23.7. The zero-order chi connectivity index (χ0) is 27.0. The fraction of sp³-hybridized carbons (Fsp3) is 0.516. The molecule has 0 aliphatic carbocycles. The summed E-state index contributed by atoms with van der Waals surface area (Å²) in [6.07, 6.45) is 7.46. The molecule has 3 aliphatic rings. The molecule has 3 aliphatic heterocycles. The van der Waals surface area contributed by atoms with Gasteiger partial charge in [0.2, 0.25) is 0 Å². The highest BCUT2D eigenvalue weighted by Gasteiger charge is 2.51. The van der Waals surface area contributed by atoms with Crippen molar-refractivity contribution >= 4 is 35.6 Å². The number of benzene rings is 2. The average molecular weight is 529 g/mol. The van der Waals surface area contributed by atoms with Crippen LogP contribution in [0.15, 0.2) is 42.5 Å². The minimum absolute atomic E-state index is 0.0365. The molecule has 3 fully saturated rings. The van der Waals surface area contributed by atoms with Gasteiger partial charge >= 0.3 is 7.12 Å². The summed E-state index contributed by atoms with van der Waals surface area (Å²) in [5, 5.41) is 6.13. The fourth-order valence-electron chi connectivity index (χ4n) is 5.49. The van der Waals surface area contributed by atoms with Crippen LogP contribution in [0.25, 0.3) is 23.1 Å². The van der Waals surface area contributed by atoms with Crippen LogP contribution in [0.2, 0.25) is 0 Å². The first-order valence-electron chi connectivity index (χ1n) is 14.4. The lowest BCUT2D eigenvalue weighted by atomic mass is 9.78. The van der Waals surface area contributed by atoms with Crippen LogP contribution in [0, 0.1) is 0 Å². The highest BCUT2D eigenvalue weighted by atomic mass is 16.7. The third-order valence-electron chi connectivity index (χ3n) is 8.64. The zero-order valence-electron chi connectivity index (χ0n) is 23.7. The van der Waals surface area contributed by atoms with Gasteiger partial charge in [0, 0.05) is 31.6 Å². The molecule has 3 saturated heterocycles. The molecule has 1 aromatic heterocycles. The van der Waals surface area contributed by atoms with E-state index in [1.165, 1.54) is 5.56 Å². The smallest absolute Gasteiger partial charge is 0.399 e. The minimum atomic E-state index is -0.412. The Balaban J connectivity index is 1.28. The highest BCUT2D eigenvalue weighted by molar-refractivity contribution is 6.62. The van der Waals surface area contributed by atoms with Crippen molar-refractivity contribution in [3.63, 3.8) is 0 Å². The summed E-state index contributed by atoms with van der Waals surface area (Å²) in [4.78, 5) is 2.44. The van der Waals surface area contributed by atoms with Gasteiger partial charge in [-0.2, -0.15) is 5.10 Å². The van der Waals surface area contributed by atoms with Crippen LogP contribution in [0.4, 0.5) is 0 Å². The topological polar surface area (TPSA) is 58.0 Å². The maximum absolute atomic E-state index is 6.35. The first kappa shape index (κ1) is 26.7. The van der Waals surface area contributed by atoms with Gasteiger partial charge in [0.25, 0.3) is 0 Å². The Morgan fingerprint density at radius 1 is 0.923 bits per heavy atom. The number of hydrogen-bond donors (Lipinski definition) is 0. The van der Waals surface area contributed by atoms with Crippen molar-refractivity contribution in [1.29, 1.82) is 0 Å². The van der Waals surface area contributed by atoms with E-state index in [1.54, 1.807) is 0 Å². The Kier molecular flexibility index (Phi) is 7.42. The lowest BCUT2D eigenvalue weighted by molar-refractivity contribution is -0.0367. The summed E-state index contributed by atoms with van der Waals surface area (Å²) in [6, 6.07) is 15.2. The van der Waals surface area contributed by atoms with Gasteiger partial charge in [-0.25, -0.2) is 4.68 Å². The van der Waals surface area contributed by atoms with Gasteiger partial charge in [-0.1, -0.05) is 42.5 Å². The molecule has 0 saturated carbocycles. The number of nitrogens with zero attached hydrogens (tertiary/aromatic N) is 3. The molecule has 0 N–H and O–H groups in total. The quantitative estimate of drug-likeness (QED) is 0.418. The molecular weight excluding hydrogens is 489 g/mol. The third kappa shape index (κ3) is 5.58. The molecule has 39 heavy (non-hydrogen) atoms. The molecule has 0 amide bonds. The van der Waals surface area contributed by atoms with E-state index in [1.807, 2.05) is 0 Å². The predicted molar refractivity (Wildman–Crippen MR) is 156 cm³/mol. The standard InChI is InChI=1S/C31H40BN3O4/c1-30(2)31(3,4)39-32(38-30)25-13-15-28-26(21-25)27(33-35(28)29-7-5-6-18-37-29)14-12-23-8-10-24(11-9-23)22-34-16-19-36-20-17-34/h8-15,21,29H,5-7,16-20,22H2,1-4H3/b14-12+. The van der Waals surface area contributed by atoms with E-state index < -0.39 is 7.12 Å². The van der Waals surface area contributed by atoms with Crippen molar-refractivity contribution in [2.45, 2.75) is 70.9 Å². The monoisotopic (exact) mass is 529 g/mol. The number of ether oxygens (including phenoxy) is 2. The van der Waals surface area contributed by atoms with Crippen LogP contribution in [-0.4, -0.2) is 65.9 Å². The summed E-state index contributed by atoms with van der Waals surface area (Å²) in [5.74, 6) is 0. The third-order valence-corrected chi connectivity index (χ3v) is 8.64. The van der Waals surface area contributed by atoms with Crippen molar-refractivity contribution < 1.29 is 18.8 Å². The van der Waals surface area contributed by atoms with E-state index >= 15 is 0 Å². The van der Waals surface area contributed by atoms with Crippen LogP contribution < -0.4 is 5.46 Å². The lowest BCUT2D eigenvalue weighted by Gasteiger charge is -2.32. The molecule has 1 atom stereocenters. The molecular formula is C31H40BN3O4. The SMILES string of the molecule is CC1(C)OB(c2ccc3c(c2)c(/C=C/c2ccc(CN4CCOCC4)cc2)nn3C2CCCCO2)OC1(C)C. The summed E-state index contributed by atoms with van der Waals surface area (Å²) < 4.78 is 26.4. The van der Waals surface area contributed by atoms with Crippen LogP contribution in [-0.2, 0) is 25.3 Å². The minimum Gasteiger partial charge on any atom is -0.399 e. The molecule has 206 valence electrons. The van der Waals surface area contributed by atoms with Gasteiger partial charge in [0.05, 0.1) is 35.6 Å². The molecule has 2 aromatic carbocycles. The van der Waals surface area contributed by atoms with Gasteiger partial charge < -0.3 is 18.8 Å². The van der Waals surface area contributed by atoms with Gasteiger partial charge in [-0.3, -0.25) is 4.90 Å². The number of aromatic nitrogens is 2. The first-order chi connectivity index (χ1) is 18.8. The normalized spacial score (nSPS) is 23.7. The van der Waals surface area contributed by atoms with Crippen LogP contribution in [0.1, 0.15) is 70.0 Å². The fourth-order valence-corrected chi connectivity index (χ4v) is 5.49. The molecule has 0 radical (unpaired) electrons. The van der Waals surface area contributed by atoms with E-state index in [2.05, 4.69) is 91.9 Å². The highest BCUT2D eigenvalue weighted by Crippen LogP contribution is 2.37. The Hall–Kier alpha value is -2.49. The summed E-state index contributed by atoms with van der Waals surface area (Å²) in [6.45, 7) is 13.7. The second-order valence-corrected chi connectivity index (χ2v) is 12.0. The number of rotatable bonds is 6. The van der Waals surface area contributed by atoms with Gasteiger partial charge in [0.15, 0.2) is 6.23 Å². The van der Waals surface area contributed by atoms with E-state index in [4.69, 9.17) is 23.9 Å². The number of fused-ring (bicyclic) bond motifs is 1. The van der Waals surface area contributed by atoms with Crippen molar-refractivity contribution in [3.05, 3.63) is 59.3 Å². The van der Waals surface area contributed by atoms with Gasteiger partial charge in [-0.15, -0.1) is 0 Å². The van der Waals surface area contributed by atoms with Crippen LogP contribution >= 0.6 is 0 Å². The van der Waals surface area contributed by atoms with Crippen molar-refractivity contribution in [2.24, 2.45) is 0 Å². The Morgan fingerprint density at radius 2 is 1.67 bits per heavy atom. The lowest BCUT2D eigenvalue weighted by Crippen LogP contribution is -2.41.